The zero-order chi connectivity index (χ0) is 24.5. The maximum atomic E-state index is 13.0. The summed E-state index contributed by atoms with van der Waals surface area (Å²) in [7, 11) is 0. The standard InChI is InChI=1S/C24H30N8O2/c1-4-5-19(30-22(25)17-6-7-18(28-14-17)23(33)29-16(2)3)24(34)31-20-15-27-9-8-21(20)32-12-10-26-11-13-32/h4-9,14-16,26H,1,10-13H2,2-3H3,(H2,25,30)(H,29,33)(H,31,34)/b19-5-. The Morgan fingerprint density at radius 3 is 2.65 bits per heavy atom. The van der Waals surface area contributed by atoms with E-state index in [0.29, 0.717) is 11.3 Å². The fourth-order valence-corrected chi connectivity index (χ4v) is 3.34. The van der Waals surface area contributed by atoms with Crippen molar-refractivity contribution in [2.45, 2.75) is 19.9 Å². The lowest BCUT2D eigenvalue weighted by Gasteiger charge is -2.30. The van der Waals surface area contributed by atoms with Crippen LogP contribution >= 0.6 is 0 Å². The zero-order valence-electron chi connectivity index (χ0n) is 19.4. The Bertz CT molecular complexity index is 1090. The van der Waals surface area contributed by atoms with Crippen LogP contribution in [0.4, 0.5) is 11.4 Å². The smallest absolute Gasteiger partial charge is 0.274 e. The van der Waals surface area contributed by atoms with Crippen molar-refractivity contribution in [2.75, 3.05) is 36.4 Å². The van der Waals surface area contributed by atoms with Crippen molar-refractivity contribution in [3.8, 4) is 0 Å². The number of amides is 2. The summed E-state index contributed by atoms with van der Waals surface area (Å²) in [5, 5.41) is 8.97. The van der Waals surface area contributed by atoms with Crippen LogP contribution in [0.5, 0.6) is 0 Å². The van der Waals surface area contributed by atoms with E-state index in [1.165, 1.54) is 18.3 Å². The summed E-state index contributed by atoms with van der Waals surface area (Å²) >= 11 is 0. The first-order valence-electron chi connectivity index (χ1n) is 11.0. The summed E-state index contributed by atoms with van der Waals surface area (Å²) in [4.78, 5) is 39.9. The highest BCUT2D eigenvalue weighted by Crippen LogP contribution is 2.25. The number of nitrogens with zero attached hydrogens (tertiary/aromatic N) is 4. The molecule has 10 heteroatoms. The second-order valence-corrected chi connectivity index (χ2v) is 7.93. The lowest BCUT2D eigenvalue weighted by molar-refractivity contribution is -0.112. The molecular weight excluding hydrogens is 432 g/mol. The molecule has 1 fully saturated rings. The number of allylic oxidation sites excluding steroid dienone is 2. The lowest BCUT2D eigenvalue weighted by atomic mass is 10.2. The minimum Gasteiger partial charge on any atom is -0.383 e. The summed E-state index contributed by atoms with van der Waals surface area (Å²) in [5.74, 6) is -0.645. The van der Waals surface area contributed by atoms with Crippen molar-refractivity contribution in [3.05, 3.63) is 72.5 Å². The van der Waals surface area contributed by atoms with Crippen LogP contribution < -0.4 is 26.6 Å². The molecule has 0 aliphatic carbocycles. The fraction of sp³-hybridized carbons (Fsp3) is 0.292. The van der Waals surface area contributed by atoms with Gasteiger partial charge in [-0.05, 0) is 38.1 Å². The van der Waals surface area contributed by atoms with Crippen molar-refractivity contribution in [1.82, 2.24) is 20.6 Å². The predicted molar refractivity (Wildman–Crippen MR) is 134 cm³/mol. The highest BCUT2D eigenvalue weighted by molar-refractivity contribution is 6.08. The van der Waals surface area contributed by atoms with Crippen molar-refractivity contribution >= 4 is 29.0 Å². The second-order valence-electron chi connectivity index (χ2n) is 7.93. The second kappa shape index (κ2) is 11.7. The Kier molecular flexibility index (Phi) is 8.47. The molecule has 10 nitrogen and oxygen atoms in total. The number of amidine groups is 1. The molecule has 0 unspecified atom stereocenters. The minimum atomic E-state index is -0.451. The van der Waals surface area contributed by atoms with Crippen LogP contribution in [0.3, 0.4) is 0 Å². The highest BCUT2D eigenvalue weighted by atomic mass is 16.2. The first-order chi connectivity index (χ1) is 16.4. The van der Waals surface area contributed by atoms with Crippen molar-refractivity contribution in [1.29, 1.82) is 0 Å². The Hall–Kier alpha value is -4.05. The quantitative estimate of drug-likeness (QED) is 0.202. The molecule has 34 heavy (non-hydrogen) atoms. The highest BCUT2D eigenvalue weighted by Gasteiger charge is 2.18. The lowest BCUT2D eigenvalue weighted by Crippen LogP contribution is -2.43. The van der Waals surface area contributed by atoms with Gasteiger partial charge in [-0.15, -0.1) is 0 Å². The van der Waals surface area contributed by atoms with Crippen LogP contribution in [-0.2, 0) is 4.79 Å². The number of nitrogens with one attached hydrogen (secondary N) is 3. The van der Waals surface area contributed by atoms with Crippen molar-refractivity contribution in [3.63, 3.8) is 0 Å². The minimum absolute atomic E-state index is 0.00219. The van der Waals surface area contributed by atoms with Gasteiger partial charge in [0.2, 0.25) is 0 Å². The van der Waals surface area contributed by atoms with E-state index in [9.17, 15) is 9.59 Å². The van der Waals surface area contributed by atoms with E-state index in [1.807, 2.05) is 19.9 Å². The maximum absolute atomic E-state index is 13.0. The summed E-state index contributed by atoms with van der Waals surface area (Å²) in [6, 6.07) is 5.06. The molecular formula is C24H30N8O2. The Morgan fingerprint density at radius 2 is 2.00 bits per heavy atom. The number of hydrogen-bond acceptors (Lipinski definition) is 7. The molecule has 0 aromatic carbocycles. The molecule has 5 N–H and O–H groups in total. The third-order valence-electron chi connectivity index (χ3n) is 4.96. The van der Waals surface area contributed by atoms with Crippen molar-refractivity contribution in [2.24, 2.45) is 10.7 Å². The van der Waals surface area contributed by atoms with E-state index in [0.717, 1.165) is 31.9 Å². The van der Waals surface area contributed by atoms with Gasteiger partial charge in [0.25, 0.3) is 11.8 Å². The molecule has 0 atom stereocenters. The summed E-state index contributed by atoms with van der Waals surface area (Å²) in [6.45, 7) is 10.8. The third kappa shape index (κ3) is 6.48. The topological polar surface area (TPSA) is 138 Å². The van der Waals surface area contributed by atoms with Gasteiger partial charge in [-0.3, -0.25) is 19.6 Å². The number of piperazine rings is 1. The number of hydrogen-bond donors (Lipinski definition) is 4. The van der Waals surface area contributed by atoms with Crippen LogP contribution in [-0.4, -0.2) is 59.8 Å². The van der Waals surface area contributed by atoms with Gasteiger partial charge in [0.15, 0.2) is 0 Å². The number of carbonyl (C=O) groups excluding carboxylic acids is 2. The van der Waals surface area contributed by atoms with E-state index in [1.54, 1.807) is 24.5 Å². The first kappa shape index (κ1) is 24.6. The number of rotatable bonds is 8. The van der Waals surface area contributed by atoms with Crippen LogP contribution in [0.2, 0.25) is 0 Å². The van der Waals surface area contributed by atoms with Gasteiger partial charge in [-0.2, -0.15) is 0 Å². The van der Waals surface area contributed by atoms with Crippen LogP contribution in [0.1, 0.15) is 29.9 Å². The van der Waals surface area contributed by atoms with Crippen LogP contribution in [0.15, 0.2) is 66.2 Å². The van der Waals surface area contributed by atoms with Gasteiger partial charge in [0.1, 0.15) is 17.2 Å². The van der Waals surface area contributed by atoms with Gasteiger partial charge in [-0.1, -0.05) is 12.7 Å². The summed E-state index contributed by atoms with van der Waals surface area (Å²) < 4.78 is 0. The molecule has 178 valence electrons. The third-order valence-corrected chi connectivity index (χ3v) is 4.96. The van der Waals surface area contributed by atoms with E-state index in [4.69, 9.17) is 5.73 Å². The number of pyridine rings is 2. The van der Waals surface area contributed by atoms with Gasteiger partial charge in [0.05, 0.1) is 17.6 Å². The number of carbonyl (C=O) groups is 2. The van der Waals surface area contributed by atoms with Gasteiger partial charge >= 0.3 is 0 Å². The fourth-order valence-electron chi connectivity index (χ4n) is 3.34. The van der Waals surface area contributed by atoms with E-state index in [-0.39, 0.29) is 29.2 Å². The van der Waals surface area contributed by atoms with E-state index < -0.39 is 5.91 Å². The SMILES string of the molecule is C=C/C=C(\N=C(/N)c1ccc(C(=O)NC(C)C)nc1)C(=O)Nc1cnccc1N1CCNCC1. The molecule has 1 saturated heterocycles. The monoisotopic (exact) mass is 462 g/mol. The zero-order valence-corrected chi connectivity index (χ0v) is 19.4. The molecule has 3 heterocycles. The Balaban J connectivity index is 1.77. The molecule has 0 saturated carbocycles. The van der Waals surface area contributed by atoms with Gasteiger partial charge < -0.3 is 26.6 Å². The molecule has 1 aliphatic heterocycles. The molecule has 0 spiro atoms. The number of aromatic nitrogens is 2. The Morgan fingerprint density at radius 1 is 1.24 bits per heavy atom. The van der Waals surface area contributed by atoms with Gasteiger partial charge in [0, 0.05) is 50.2 Å². The average molecular weight is 463 g/mol. The summed E-state index contributed by atoms with van der Waals surface area (Å²) in [6.07, 6.45) is 7.69. The molecule has 1 aliphatic rings. The first-order valence-corrected chi connectivity index (χ1v) is 11.0. The van der Waals surface area contributed by atoms with E-state index in [2.05, 4.69) is 42.4 Å². The molecule has 0 radical (unpaired) electrons. The number of nitrogens with two attached hydrogens (primary N) is 1. The average Bonchev–Trinajstić information content (AvgIpc) is 2.84. The summed E-state index contributed by atoms with van der Waals surface area (Å²) in [5.41, 5.74) is 8.43. The van der Waals surface area contributed by atoms with Crippen molar-refractivity contribution < 1.29 is 9.59 Å². The largest absolute Gasteiger partial charge is 0.383 e. The molecule has 2 aromatic heterocycles. The number of anilines is 2. The normalized spacial score (nSPS) is 14.6. The van der Waals surface area contributed by atoms with Crippen LogP contribution in [0.25, 0.3) is 0 Å². The molecule has 3 rings (SSSR count). The van der Waals surface area contributed by atoms with Gasteiger partial charge in [-0.25, -0.2) is 4.99 Å². The maximum Gasteiger partial charge on any atom is 0.274 e. The molecule has 2 aromatic rings. The molecule has 0 bridgehead atoms. The predicted octanol–water partition coefficient (Wildman–Crippen LogP) is 1.44. The van der Waals surface area contributed by atoms with Crippen LogP contribution in [0, 0.1) is 0 Å². The Labute approximate surface area is 199 Å². The van der Waals surface area contributed by atoms with E-state index >= 15 is 0 Å². The number of aliphatic imine (C=N–C) groups is 1. The molecule has 2 amide bonds.